The maximum atomic E-state index is 11.9. The molecule has 0 aliphatic carbocycles. The van der Waals surface area contributed by atoms with E-state index in [4.69, 9.17) is 9.47 Å². The first-order chi connectivity index (χ1) is 8.74. The minimum absolute atomic E-state index is 0.0505. The monoisotopic (exact) mass is 249 g/mol. The Bertz CT molecular complexity index is 474. The van der Waals surface area contributed by atoms with Gasteiger partial charge in [-0.05, 0) is 18.6 Å². The van der Waals surface area contributed by atoms with Gasteiger partial charge < -0.3 is 19.5 Å². The van der Waals surface area contributed by atoms with Crippen LogP contribution in [0.15, 0.2) is 18.2 Å². The molecule has 2 aliphatic heterocycles. The van der Waals surface area contributed by atoms with E-state index in [-0.39, 0.29) is 12.3 Å². The Morgan fingerprint density at radius 1 is 1.22 bits per heavy atom. The van der Waals surface area contributed by atoms with Crippen LogP contribution < -0.4 is 14.4 Å². The summed E-state index contributed by atoms with van der Waals surface area (Å²) in [4.78, 5) is 13.6. The highest BCUT2D eigenvalue weighted by Gasteiger charge is 2.26. The van der Waals surface area contributed by atoms with Gasteiger partial charge in [0.15, 0.2) is 11.5 Å². The first kappa shape index (κ1) is 11.3. The molecule has 0 aromatic heterocycles. The number of piperidine rings is 1. The lowest BCUT2D eigenvalue weighted by atomic mass is 10.1. The lowest BCUT2D eigenvalue weighted by Gasteiger charge is -2.30. The number of rotatable bonds is 1. The fraction of sp³-hybridized carbons (Fsp3) is 0.462. The molecule has 1 unspecified atom stereocenters. The highest BCUT2D eigenvalue weighted by atomic mass is 16.6. The van der Waals surface area contributed by atoms with Crippen LogP contribution in [0, 0.1) is 0 Å². The van der Waals surface area contributed by atoms with Crippen molar-refractivity contribution >= 4 is 11.6 Å². The van der Waals surface area contributed by atoms with Gasteiger partial charge >= 0.3 is 0 Å². The Balaban J connectivity index is 1.86. The third-order valence-corrected chi connectivity index (χ3v) is 3.23. The predicted molar refractivity (Wildman–Crippen MR) is 65.0 cm³/mol. The van der Waals surface area contributed by atoms with E-state index in [0.29, 0.717) is 31.9 Å². The zero-order valence-corrected chi connectivity index (χ0v) is 9.96. The van der Waals surface area contributed by atoms with Gasteiger partial charge in [-0.2, -0.15) is 0 Å². The highest BCUT2D eigenvalue weighted by Crippen LogP contribution is 2.34. The SMILES string of the molecule is O=C1CC(O)CCN1c1ccc2c(c1)OCCO2. The quantitative estimate of drug-likeness (QED) is 0.805. The fourth-order valence-electron chi connectivity index (χ4n) is 2.29. The van der Waals surface area contributed by atoms with Gasteiger partial charge in [-0.1, -0.05) is 0 Å². The summed E-state index contributed by atoms with van der Waals surface area (Å²) in [5, 5.41) is 9.44. The van der Waals surface area contributed by atoms with Crippen molar-refractivity contribution in [3.8, 4) is 11.5 Å². The number of amides is 1. The Morgan fingerprint density at radius 2 is 2.00 bits per heavy atom. The average molecular weight is 249 g/mol. The molecule has 18 heavy (non-hydrogen) atoms. The summed E-state index contributed by atoms with van der Waals surface area (Å²) in [7, 11) is 0. The van der Waals surface area contributed by atoms with Gasteiger partial charge in [-0.15, -0.1) is 0 Å². The number of hydrogen-bond acceptors (Lipinski definition) is 4. The van der Waals surface area contributed by atoms with E-state index in [1.165, 1.54) is 0 Å². The normalized spacial score (nSPS) is 23.1. The first-order valence-electron chi connectivity index (χ1n) is 6.12. The van der Waals surface area contributed by atoms with Crippen LogP contribution in [0.1, 0.15) is 12.8 Å². The van der Waals surface area contributed by atoms with Crippen LogP contribution in [0.3, 0.4) is 0 Å². The molecule has 0 bridgehead atoms. The van der Waals surface area contributed by atoms with E-state index < -0.39 is 6.10 Å². The van der Waals surface area contributed by atoms with Gasteiger partial charge in [0.2, 0.25) is 5.91 Å². The fourth-order valence-corrected chi connectivity index (χ4v) is 2.29. The van der Waals surface area contributed by atoms with Crippen LogP contribution in [0.2, 0.25) is 0 Å². The molecule has 1 atom stereocenters. The van der Waals surface area contributed by atoms with E-state index >= 15 is 0 Å². The zero-order valence-electron chi connectivity index (χ0n) is 9.96. The van der Waals surface area contributed by atoms with Crippen LogP contribution >= 0.6 is 0 Å². The number of carbonyl (C=O) groups is 1. The van der Waals surface area contributed by atoms with Crippen molar-refractivity contribution in [3.05, 3.63) is 18.2 Å². The van der Waals surface area contributed by atoms with Gasteiger partial charge in [-0.3, -0.25) is 4.79 Å². The van der Waals surface area contributed by atoms with E-state index in [1.807, 2.05) is 18.2 Å². The third-order valence-electron chi connectivity index (χ3n) is 3.23. The molecule has 2 aliphatic rings. The highest BCUT2D eigenvalue weighted by molar-refractivity contribution is 5.94. The van der Waals surface area contributed by atoms with Crippen LogP contribution in [0.4, 0.5) is 5.69 Å². The molecule has 5 nitrogen and oxygen atoms in total. The van der Waals surface area contributed by atoms with Crippen molar-refractivity contribution in [1.82, 2.24) is 0 Å². The van der Waals surface area contributed by atoms with E-state index in [2.05, 4.69) is 0 Å². The summed E-state index contributed by atoms with van der Waals surface area (Å²) in [6.45, 7) is 1.63. The Labute approximate surface area is 105 Å². The van der Waals surface area contributed by atoms with Gasteiger partial charge in [0.05, 0.1) is 12.5 Å². The number of nitrogens with zero attached hydrogens (tertiary/aromatic N) is 1. The van der Waals surface area contributed by atoms with Crippen LogP contribution in [0.25, 0.3) is 0 Å². The lowest BCUT2D eigenvalue weighted by Crippen LogP contribution is -2.40. The number of aliphatic hydroxyl groups excluding tert-OH is 1. The largest absolute Gasteiger partial charge is 0.486 e. The van der Waals surface area contributed by atoms with Crippen LogP contribution in [-0.4, -0.2) is 36.9 Å². The number of ether oxygens (including phenoxy) is 2. The summed E-state index contributed by atoms with van der Waals surface area (Å²) in [5.41, 5.74) is 0.802. The summed E-state index contributed by atoms with van der Waals surface area (Å²) < 4.78 is 10.9. The third kappa shape index (κ3) is 2.01. The number of fused-ring (bicyclic) bond motifs is 1. The van der Waals surface area contributed by atoms with Gasteiger partial charge in [-0.25, -0.2) is 0 Å². The number of anilines is 1. The average Bonchev–Trinajstić information content (AvgIpc) is 2.38. The molecular formula is C13H15NO4. The number of aliphatic hydroxyl groups is 1. The molecule has 1 saturated heterocycles. The zero-order chi connectivity index (χ0) is 12.5. The Kier molecular flexibility index (Phi) is 2.83. The predicted octanol–water partition coefficient (Wildman–Crippen LogP) is 0.946. The van der Waals surface area contributed by atoms with E-state index in [9.17, 15) is 9.90 Å². The van der Waals surface area contributed by atoms with Gasteiger partial charge in [0.1, 0.15) is 13.2 Å². The molecule has 0 spiro atoms. The smallest absolute Gasteiger partial charge is 0.229 e. The Morgan fingerprint density at radius 3 is 2.78 bits per heavy atom. The number of benzene rings is 1. The van der Waals surface area contributed by atoms with Gasteiger partial charge in [0, 0.05) is 18.3 Å². The lowest BCUT2D eigenvalue weighted by molar-refractivity contribution is -0.122. The second kappa shape index (κ2) is 4.49. The molecule has 3 rings (SSSR count). The molecule has 1 aromatic carbocycles. The maximum absolute atomic E-state index is 11.9. The Hall–Kier alpha value is -1.75. The van der Waals surface area contributed by atoms with E-state index in [0.717, 1.165) is 11.4 Å². The second-order valence-electron chi connectivity index (χ2n) is 4.52. The standard InChI is InChI=1S/C13H15NO4/c15-10-3-4-14(13(16)8-10)9-1-2-11-12(7-9)18-6-5-17-11/h1-2,7,10,15H,3-6,8H2. The van der Waals surface area contributed by atoms with Crippen molar-refractivity contribution in [2.24, 2.45) is 0 Å². The molecule has 2 heterocycles. The molecule has 0 saturated carbocycles. The van der Waals surface area contributed by atoms with Crippen molar-refractivity contribution < 1.29 is 19.4 Å². The molecule has 1 fully saturated rings. The molecule has 1 aromatic rings. The van der Waals surface area contributed by atoms with E-state index in [1.54, 1.807) is 4.90 Å². The molecule has 0 radical (unpaired) electrons. The van der Waals surface area contributed by atoms with Crippen molar-refractivity contribution in [1.29, 1.82) is 0 Å². The van der Waals surface area contributed by atoms with Crippen molar-refractivity contribution in [2.45, 2.75) is 18.9 Å². The minimum atomic E-state index is -0.508. The number of carbonyl (C=O) groups excluding carboxylic acids is 1. The summed E-state index contributed by atoms with van der Waals surface area (Å²) in [6, 6.07) is 5.50. The first-order valence-corrected chi connectivity index (χ1v) is 6.12. The number of hydrogen-bond donors (Lipinski definition) is 1. The van der Waals surface area contributed by atoms with Gasteiger partial charge in [0.25, 0.3) is 0 Å². The second-order valence-corrected chi connectivity index (χ2v) is 4.52. The van der Waals surface area contributed by atoms with Crippen LogP contribution in [0.5, 0.6) is 11.5 Å². The molecular weight excluding hydrogens is 234 g/mol. The topological polar surface area (TPSA) is 59.0 Å². The minimum Gasteiger partial charge on any atom is -0.486 e. The molecule has 1 amide bonds. The van der Waals surface area contributed by atoms with Crippen molar-refractivity contribution in [2.75, 3.05) is 24.7 Å². The summed E-state index contributed by atoms with van der Waals surface area (Å²) in [5.74, 6) is 1.34. The van der Waals surface area contributed by atoms with Crippen molar-refractivity contribution in [3.63, 3.8) is 0 Å². The molecule has 5 heteroatoms. The summed E-state index contributed by atoms with van der Waals surface area (Å²) in [6.07, 6.45) is 0.292. The summed E-state index contributed by atoms with van der Waals surface area (Å²) >= 11 is 0. The maximum Gasteiger partial charge on any atom is 0.229 e. The molecule has 96 valence electrons. The molecule has 1 N–H and O–H groups in total. The van der Waals surface area contributed by atoms with Crippen LogP contribution in [-0.2, 0) is 4.79 Å².